The minimum atomic E-state index is -0.393. The Morgan fingerprint density at radius 1 is 0.267 bits per heavy atom. The average Bonchev–Trinajstić information content (AvgIpc) is 3.48. The van der Waals surface area contributed by atoms with E-state index >= 15 is 8.78 Å². The summed E-state index contributed by atoms with van der Waals surface area (Å²) in [6.45, 7) is 0. The predicted octanol–water partition coefficient (Wildman–Crippen LogP) is 17.5. The first kappa shape index (κ1) is 48.2. The molecule has 0 unspecified atom stereocenters. The van der Waals surface area contributed by atoms with Gasteiger partial charge in [-0.2, -0.15) is 0 Å². The van der Waals surface area contributed by atoms with Crippen LogP contribution in [-0.4, -0.2) is 19.9 Å². The zero-order chi connectivity index (χ0) is 49.8. The fourth-order valence-electron chi connectivity index (χ4n) is 9.67. The maximum atomic E-state index is 15.9. The molecule has 0 atom stereocenters. The molecule has 1 radical (unpaired) electrons. The van der Waals surface area contributed by atoms with Crippen molar-refractivity contribution in [3.63, 3.8) is 0 Å². The van der Waals surface area contributed by atoms with Gasteiger partial charge in [-0.1, -0.05) is 155 Å². The summed E-state index contributed by atoms with van der Waals surface area (Å²) in [4.78, 5) is 18.5. The van der Waals surface area contributed by atoms with Crippen LogP contribution in [0.3, 0.4) is 0 Å². The minimum Gasteiger partial charge on any atom is -0.305 e. The van der Waals surface area contributed by atoms with E-state index in [1.54, 1.807) is 43.0 Å². The number of pyridine rings is 4. The van der Waals surface area contributed by atoms with Crippen molar-refractivity contribution in [1.29, 1.82) is 0 Å². The van der Waals surface area contributed by atoms with Gasteiger partial charge in [-0.05, 0) is 140 Å². The molecule has 12 aromatic rings. The molecule has 4 heterocycles. The maximum Gasteiger partial charge on any atom is 0.123 e. The van der Waals surface area contributed by atoms with E-state index in [0.29, 0.717) is 11.1 Å². The van der Waals surface area contributed by atoms with Gasteiger partial charge in [-0.3, -0.25) is 9.97 Å². The van der Waals surface area contributed by atoms with Gasteiger partial charge < -0.3 is 9.97 Å². The van der Waals surface area contributed by atoms with Gasteiger partial charge in [0.2, 0.25) is 0 Å². The Balaban J connectivity index is 0.00000602. The van der Waals surface area contributed by atoms with Crippen LogP contribution in [0.25, 0.3) is 123 Å². The van der Waals surface area contributed by atoms with Crippen LogP contribution in [0.5, 0.6) is 0 Å². The standard InChI is InChI=1S/C68H42F2N4.Ir/c69-55-29-32-58(47-23-25-49(26-24-47)65-16-6-9-35-71-65)63(42-55)53-38-52(39-54(40-53)64-43-56(70)30-33-59(64)51-28-34-68(74-44-51)67-18-8-11-37-73-67)57-14-4-5-15-60(57)61-31-27-50(66-17-7-10-36-72-66)41-62(61)48-21-19-46(20-22-48)45-12-2-1-3-13-45;/h1-25,28-44H;/q-2;. The van der Waals surface area contributed by atoms with Gasteiger partial charge >= 0.3 is 0 Å². The summed E-state index contributed by atoms with van der Waals surface area (Å²) in [7, 11) is 0. The largest absolute Gasteiger partial charge is 0.305 e. The molecule has 0 N–H and O–H groups in total. The SMILES string of the molecule is Fc1ccc(-c2c[c-]c(-c3ccccn3)cc2)c(-c2cc(-c3cc(F)ccc3-c3ccc(-c4ccccn4)nc3)cc(-c3ccccc3-c3c[c-]c(-c4ccccn4)cc3-c3ccc(-c4ccccc4)cc3)c2)c1.[Ir]. The number of hydrogen-bond donors (Lipinski definition) is 0. The molecule has 4 aromatic heterocycles. The quantitative estimate of drug-likeness (QED) is 0.121. The van der Waals surface area contributed by atoms with Gasteiger partial charge in [0, 0.05) is 50.5 Å². The van der Waals surface area contributed by atoms with Crippen molar-refractivity contribution >= 4 is 0 Å². The Kier molecular flexibility index (Phi) is 13.8. The van der Waals surface area contributed by atoms with Crippen LogP contribution in [0, 0.1) is 23.8 Å². The smallest absolute Gasteiger partial charge is 0.123 e. The summed E-state index contributed by atoms with van der Waals surface area (Å²) in [6.07, 6.45) is 7.10. The van der Waals surface area contributed by atoms with Crippen molar-refractivity contribution < 1.29 is 28.9 Å². The van der Waals surface area contributed by atoms with E-state index in [-0.39, 0.29) is 25.9 Å². The molecule has 0 fully saturated rings. The molecule has 0 aliphatic rings. The molecule has 0 saturated heterocycles. The molecular weight excluding hydrogens is 1100 g/mol. The fourth-order valence-corrected chi connectivity index (χ4v) is 9.67. The van der Waals surface area contributed by atoms with Crippen molar-refractivity contribution in [1.82, 2.24) is 19.9 Å². The first-order valence-corrected chi connectivity index (χ1v) is 24.3. The Hall–Kier alpha value is -9.13. The second-order valence-corrected chi connectivity index (χ2v) is 17.9. The van der Waals surface area contributed by atoms with Crippen LogP contribution in [0.1, 0.15) is 0 Å². The first-order chi connectivity index (χ1) is 36.5. The first-order valence-electron chi connectivity index (χ1n) is 24.3. The zero-order valence-electron chi connectivity index (χ0n) is 40.1. The van der Waals surface area contributed by atoms with Crippen molar-refractivity contribution in [3.05, 3.63) is 279 Å². The third-order valence-corrected chi connectivity index (χ3v) is 13.3. The molecule has 0 amide bonds. The van der Waals surface area contributed by atoms with E-state index in [4.69, 9.17) is 9.97 Å². The van der Waals surface area contributed by atoms with Crippen LogP contribution in [-0.2, 0) is 20.1 Å². The van der Waals surface area contributed by atoms with E-state index in [2.05, 4.69) is 94.9 Å². The number of nitrogens with zero attached hydrogens (tertiary/aromatic N) is 4. The Morgan fingerprint density at radius 2 is 0.733 bits per heavy atom. The van der Waals surface area contributed by atoms with Gasteiger partial charge in [0.25, 0.3) is 0 Å². The average molecular weight is 1150 g/mol. The van der Waals surface area contributed by atoms with Crippen molar-refractivity contribution in [3.8, 4) is 123 Å². The van der Waals surface area contributed by atoms with E-state index < -0.39 is 5.82 Å². The zero-order valence-corrected chi connectivity index (χ0v) is 42.5. The number of hydrogen-bond acceptors (Lipinski definition) is 4. The van der Waals surface area contributed by atoms with E-state index in [1.165, 1.54) is 12.1 Å². The molecule has 4 nitrogen and oxygen atoms in total. The molecule has 0 spiro atoms. The van der Waals surface area contributed by atoms with Crippen molar-refractivity contribution in [2.24, 2.45) is 0 Å². The van der Waals surface area contributed by atoms with E-state index in [9.17, 15) is 0 Å². The topological polar surface area (TPSA) is 51.6 Å². The molecule has 0 saturated carbocycles. The van der Waals surface area contributed by atoms with E-state index in [0.717, 1.165) is 112 Å². The summed E-state index contributed by atoms with van der Waals surface area (Å²) in [5.74, 6) is -0.780. The predicted molar refractivity (Wildman–Crippen MR) is 295 cm³/mol. The molecule has 0 aliphatic heterocycles. The number of aromatic nitrogens is 4. The van der Waals surface area contributed by atoms with Crippen LogP contribution in [0.4, 0.5) is 8.78 Å². The molecule has 359 valence electrons. The Labute approximate surface area is 448 Å². The second-order valence-electron chi connectivity index (χ2n) is 17.9. The molecular formula is C68H42F2IrN4-2. The third kappa shape index (κ3) is 10.2. The number of halogens is 2. The fraction of sp³-hybridized carbons (Fsp3) is 0. The number of rotatable bonds is 11. The molecule has 0 bridgehead atoms. The summed E-state index contributed by atoms with van der Waals surface area (Å²) in [5.41, 5.74) is 18.8. The second kappa shape index (κ2) is 21.5. The van der Waals surface area contributed by atoms with Crippen LogP contribution in [0.2, 0.25) is 0 Å². The summed E-state index contributed by atoms with van der Waals surface area (Å²) >= 11 is 0. The maximum absolute atomic E-state index is 15.9. The van der Waals surface area contributed by atoms with Crippen molar-refractivity contribution in [2.45, 2.75) is 0 Å². The Morgan fingerprint density at radius 3 is 1.32 bits per heavy atom. The van der Waals surface area contributed by atoms with E-state index in [1.807, 2.05) is 127 Å². The van der Waals surface area contributed by atoms with Gasteiger partial charge in [0.15, 0.2) is 0 Å². The minimum absolute atomic E-state index is 0. The van der Waals surface area contributed by atoms with Gasteiger partial charge in [-0.25, -0.2) is 8.78 Å². The third-order valence-electron chi connectivity index (χ3n) is 13.3. The van der Waals surface area contributed by atoms with Crippen LogP contribution < -0.4 is 0 Å². The van der Waals surface area contributed by atoms with Gasteiger partial charge in [-0.15, -0.1) is 53.6 Å². The monoisotopic (exact) mass is 1150 g/mol. The van der Waals surface area contributed by atoms with Gasteiger partial charge in [0.05, 0.1) is 11.4 Å². The normalized spacial score (nSPS) is 11.0. The molecule has 12 rings (SSSR count). The summed E-state index contributed by atoms with van der Waals surface area (Å²) < 4.78 is 31.7. The molecule has 75 heavy (non-hydrogen) atoms. The summed E-state index contributed by atoms with van der Waals surface area (Å²) in [5, 5.41) is 0. The Bertz CT molecular complexity index is 3780. The van der Waals surface area contributed by atoms with Crippen molar-refractivity contribution in [2.75, 3.05) is 0 Å². The number of benzene rings is 8. The van der Waals surface area contributed by atoms with Crippen LogP contribution >= 0.6 is 0 Å². The van der Waals surface area contributed by atoms with Crippen LogP contribution in [0.15, 0.2) is 255 Å². The molecule has 8 aromatic carbocycles. The summed E-state index contributed by atoms with van der Waals surface area (Å²) in [6, 6.07) is 81.7. The molecule has 0 aliphatic carbocycles. The van der Waals surface area contributed by atoms with Gasteiger partial charge in [0.1, 0.15) is 11.6 Å². The molecule has 7 heteroatoms.